The van der Waals surface area contributed by atoms with Crippen LogP contribution in [0.4, 0.5) is 13.2 Å². The molecule has 0 radical (unpaired) electrons. The molecule has 3 fully saturated rings. The molecule has 0 N–H and O–H groups in total. The Hall–Kier alpha value is -2.13. The topological polar surface area (TPSA) is 59.1 Å². The molecule has 1 spiro atoms. The molecular weight excluding hydrogens is 497 g/mol. The van der Waals surface area contributed by atoms with Crippen LogP contribution in [0.25, 0.3) is 0 Å². The molecule has 1 aromatic rings. The molecule has 6 nitrogen and oxygen atoms in total. The number of benzene rings is 1. The highest BCUT2D eigenvalue weighted by molar-refractivity contribution is 5.87. The summed E-state index contributed by atoms with van der Waals surface area (Å²) in [5, 5.41) is 0. The maximum Gasteiger partial charge on any atom is 0.416 e. The van der Waals surface area contributed by atoms with Crippen molar-refractivity contribution in [3.63, 3.8) is 0 Å². The lowest BCUT2D eigenvalue weighted by Gasteiger charge is -2.39. The number of carbonyl (C=O) groups excluding carboxylic acids is 2. The summed E-state index contributed by atoms with van der Waals surface area (Å²) in [6.45, 7) is 6.84. The highest BCUT2D eigenvalue weighted by Crippen LogP contribution is 2.55. The van der Waals surface area contributed by atoms with Gasteiger partial charge in [-0.3, -0.25) is 14.5 Å². The van der Waals surface area contributed by atoms with Crippen LogP contribution >= 0.6 is 0 Å². The van der Waals surface area contributed by atoms with E-state index in [-0.39, 0.29) is 36.4 Å². The van der Waals surface area contributed by atoms with E-state index in [1.807, 2.05) is 11.8 Å². The van der Waals surface area contributed by atoms with Crippen molar-refractivity contribution in [1.82, 2.24) is 9.80 Å². The van der Waals surface area contributed by atoms with Gasteiger partial charge < -0.3 is 14.4 Å². The maximum atomic E-state index is 14.0. The Kier molecular flexibility index (Phi) is 7.80. The van der Waals surface area contributed by atoms with Crippen molar-refractivity contribution in [1.29, 1.82) is 0 Å². The van der Waals surface area contributed by atoms with Crippen LogP contribution in [-0.4, -0.2) is 66.2 Å². The second-order valence-corrected chi connectivity index (χ2v) is 11.5. The summed E-state index contributed by atoms with van der Waals surface area (Å²) >= 11 is 0. The number of fused-ring (bicyclic) bond motifs is 2. The van der Waals surface area contributed by atoms with Crippen molar-refractivity contribution in [3.05, 3.63) is 34.9 Å². The van der Waals surface area contributed by atoms with Crippen molar-refractivity contribution in [3.8, 4) is 0 Å². The average molecular weight is 537 g/mol. The van der Waals surface area contributed by atoms with Crippen LogP contribution in [0.5, 0.6) is 0 Å². The zero-order valence-corrected chi connectivity index (χ0v) is 22.4. The van der Waals surface area contributed by atoms with Crippen molar-refractivity contribution < 1.29 is 32.2 Å². The van der Waals surface area contributed by atoms with Gasteiger partial charge in [0, 0.05) is 44.3 Å². The summed E-state index contributed by atoms with van der Waals surface area (Å²) in [6.07, 6.45) is 1.68. The average Bonchev–Trinajstić information content (AvgIpc) is 3.42. The van der Waals surface area contributed by atoms with Gasteiger partial charge in [0.15, 0.2) is 0 Å². The Bertz CT molecular complexity index is 1040. The van der Waals surface area contributed by atoms with Crippen LogP contribution in [0.3, 0.4) is 0 Å². The quantitative estimate of drug-likeness (QED) is 0.461. The van der Waals surface area contributed by atoms with E-state index in [1.54, 1.807) is 6.07 Å². The first kappa shape index (κ1) is 27.4. The van der Waals surface area contributed by atoms with Gasteiger partial charge in [-0.05, 0) is 87.6 Å². The Morgan fingerprint density at radius 3 is 2.66 bits per heavy atom. The van der Waals surface area contributed by atoms with Crippen LogP contribution in [0.15, 0.2) is 18.2 Å². The van der Waals surface area contributed by atoms with Gasteiger partial charge in [0.2, 0.25) is 5.91 Å². The van der Waals surface area contributed by atoms with Gasteiger partial charge in [0.1, 0.15) is 0 Å². The van der Waals surface area contributed by atoms with Gasteiger partial charge in [-0.25, -0.2) is 0 Å². The zero-order valence-electron chi connectivity index (χ0n) is 22.4. The zero-order chi connectivity index (χ0) is 27.1. The SMILES string of the molecule is CCOC(=O)CCCN(C1CCOCC1)[C@@H]1CC[C@@]2(C1)C(=O)N1Cc3cc(C(F)(F)F)ccc3CC1C2C. The minimum absolute atomic E-state index is 0.0193. The van der Waals surface area contributed by atoms with E-state index in [9.17, 15) is 22.8 Å². The first-order valence-electron chi connectivity index (χ1n) is 14.1. The van der Waals surface area contributed by atoms with Crippen molar-refractivity contribution in [2.75, 3.05) is 26.4 Å². The molecule has 1 amide bonds. The van der Waals surface area contributed by atoms with Gasteiger partial charge in [-0.2, -0.15) is 13.2 Å². The third kappa shape index (κ3) is 5.08. The summed E-state index contributed by atoms with van der Waals surface area (Å²) in [5.74, 6) is 0.0672. The largest absolute Gasteiger partial charge is 0.466 e. The molecule has 5 rings (SSSR count). The van der Waals surface area contributed by atoms with Crippen LogP contribution < -0.4 is 0 Å². The van der Waals surface area contributed by atoms with Crippen molar-refractivity contribution >= 4 is 11.9 Å². The fourth-order valence-electron chi connectivity index (χ4n) is 7.56. The predicted molar refractivity (Wildman–Crippen MR) is 135 cm³/mol. The van der Waals surface area contributed by atoms with Crippen LogP contribution in [-0.2, 0) is 38.2 Å². The molecule has 38 heavy (non-hydrogen) atoms. The molecule has 1 aromatic carbocycles. The Morgan fingerprint density at radius 2 is 1.95 bits per heavy atom. The molecule has 9 heteroatoms. The monoisotopic (exact) mass is 536 g/mol. The first-order chi connectivity index (χ1) is 18.1. The fourth-order valence-corrected chi connectivity index (χ4v) is 7.56. The minimum atomic E-state index is -4.39. The Morgan fingerprint density at radius 1 is 1.18 bits per heavy atom. The van der Waals surface area contributed by atoms with Crippen molar-refractivity contribution in [2.24, 2.45) is 11.3 Å². The normalized spacial score (nSPS) is 29.7. The second kappa shape index (κ2) is 10.8. The van der Waals surface area contributed by atoms with Gasteiger partial charge >= 0.3 is 12.1 Å². The summed E-state index contributed by atoms with van der Waals surface area (Å²) in [4.78, 5) is 30.3. The van der Waals surface area contributed by atoms with Crippen molar-refractivity contribution in [2.45, 2.75) is 96.1 Å². The standard InChI is InChI=1S/C29H39F3N2O4/c1-3-38-26(35)5-4-12-33(23-9-13-37-14-10-23)24-8-11-28(17-24)19(2)25-16-20-6-7-22(29(30,31)32)15-21(20)18-34(25)27(28)36/h6-7,15,19,23-25H,3-5,8-14,16-18H2,1-2H3/t19?,24-,25?,28+/m1/s1. The number of esters is 1. The van der Waals surface area contributed by atoms with E-state index in [1.165, 1.54) is 12.1 Å². The molecule has 2 saturated heterocycles. The van der Waals surface area contributed by atoms with Crippen LogP contribution in [0.1, 0.15) is 75.5 Å². The van der Waals surface area contributed by atoms with E-state index in [0.29, 0.717) is 31.1 Å². The highest BCUT2D eigenvalue weighted by atomic mass is 19.4. The molecule has 0 bridgehead atoms. The molecule has 4 aliphatic rings. The molecule has 1 aliphatic carbocycles. The summed E-state index contributed by atoms with van der Waals surface area (Å²) in [5.41, 5.74) is 0.411. The lowest BCUT2D eigenvalue weighted by Crippen LogP contribution is -2.46. The molecule has 4 atom stereocenters. The van der Waals surface area contributed by atoms with Gasteiger partial charge in [0.05, 0.1) is 17.6 Å². The minimum Gasteiger partial charge on any atom is -0.466 e. The van der Waals surface area contributed by atoms with E-state index in [2.05, 4.69) is 11.8 Å². The third-order valence-corrected chi connectivity index (χ3v) is 9.59. The van der Waals surface area contributed by atoms with Gasteiger partial charge in [0.25, 0.3) is 0 Å². The van der Waals surface area contributed by atoms with Gasteiger partial charge in [-0.1, -0.05) is 13.0 Å². The number of hydrogen-bond donors (Lipinski definition) is 0. The molecule has 2 unspecified atom stereocenters. The number of ether oxygens (including phenoxy) is 2. The molecule has 210 valence electrons. The van der Waals surface area contributed by atoms with E-state index in [0.717, 1.165) is 63.8 Å². The number of hydrogen-bond acceptors (Lipinski definition) is 5. The Labute approximate surface area is 222 Å². The Balaban J connectivity index is 1.32. The summed E-state index contributed by atoms with van der Waals surface area (Å²) in [6, 6.07) is 4.62. The predicted octanol–water partition coefficient (Wildman–Crippen LogP) is 4.97. The first-order valence-corrected chi connectivity index (χ1v) is 14.1. The van der Waals surface area contributed by atoms with Crippen LogP contribution in [0, 0.1) is 11.3 Å². The number of amides is 1. The highest BCUT2D eigenvalue weighted by Gasteiger charge is 2.61. The lowest BCUT2D eigenvalue weighted by molar-refractivity contribution is -0.143. The number of halogens is 3. The van der Waals surface area contributed by atoms with Gasteiger partial charge in [-0.15, -0.1) is 0 Å². The summed E-state index contributed by atoms with van der Waals surface area (Å²) < 4.78 is 50.7. The third-order valence-electron chi connectivity index (χ3n) is 9.59. The van der Waals surface area contributed by atoms with E-state index in [4.69, 9.17) is 9.47 Å². The van der Waals surface area contributed by atoms with Crippen LogP contribution in [0.2, 0.25) is 0 Å². The number of carbonyl (C=O) groups is 2. The number of alkyl halides is 3. The smallest absolute Gasteiger partial charge is 0.416 e. The molecule has 3 aliphatic heterocycles. The lowest BCUT2D eigenvalue weighted by atomic mass is 9.73. The second-order valence-electron chi connectivity index (χ2n) is 11.5. The molecule has 3 heterocycles. The van der Waals surface area contributed by atoms with E-state index >= 15 is 0 Å². The molecule has 1 saturated carbocycles. The molecule has 0 aromatic heterocycles. The number of rotatable bonds is 7. The number of nitrogens with zero attached hydrogens (tertiary/aromatic N) is 2. The fraction of sp³-hybridized carbons (Fsp3) is 0.724. The molecular formula is C29H39F3N2O4. The van der Waals surface area contributed by atoms with E-state index < -0.39 is 17.2 Å². The maximum absolute atomic E-state index is 14.0. The summed E-state index contributed by atoms with van der Waals surface area (Å²) in [7, 11) is 0.